The fourth-order valence-electron chi connectivity index (χ4n) is 3.87. The van der Waals surface area contributed by atoms with Crippen molar-refractivity contribution < 1.29 is 4.79 Å². The van der Waals surface area contributed by atoms with Crippen molar-refractivity contribution in [3.63, 3.8) is 0 Å². The summed E-state index contributed by atoms with van der Waals surface area (Å²) in [4.78, 5) is 21.6. The van der Waals surface area contributed by atoms with Crippen molar-refractivity contribution in [2.45, 2.75) is 58.5 Å². The highest BCUT2D eigenvalue weighted by Gasteiger charge is 2.29. The Kier molecular flexibility index (Phi) is 5.72. The summed E-state index contributed by atoms with van der Waals surface area (Å²) in [5.41, 5.74) is 2.50. The lowest BCUT2D eigenvalue weighted by molar-refractivity contribution is -0.132. The minimum Gasteiger partial charge on any atom is -0.334 e. The molecule has 2 aliphatic rings. The third-order valence-corrected chi connectivity index (χ3v) is 5.40. The molecule has 1 aromatic heterocycles. The van der Waals surface area contributed by atoms with E-state index in [1.54, 1.807) is 0 Å². The number of hydrogen-bond acceptors (Lipinski definition) is 3. The molecule has 1 atom stereocenters. The predicted molar refractivity (Wildman–Crippen MR) is 95.6 cm³/mol. The van der Waals surface area contributed by atoms with Crippen LogP contribution in [0, 0.1) is 0 Å². The molecule has 3 rings (SSSR count). The van der Waals surface area contributed by atoms with Gasteiger partial charge in [-0.15, -0.1) is 0 Å². The summed E-state index contributed by atoms with van der Waals surface area (Å²) in [5, 5.41) is 0. The summed E-state index contributed by atoms with van der Waals surface area (Å²) >= 11 is 0. The Morgan fingerprint density at radius 1 is 1.33 bits per heavy atom. The highest BCUT2D eigenvalue weighted by atomic mass is 16.2. The Hall–Kier alpha value is -1.62. The zero-order valence-corrected chi connectivity index (χ0v) is 15.1. The van der Waals surface area contributed by atoms with Crippen LogP contribution in [0.5, 0.6) is 0 Å². The topological polar surface area (TPSA) is 41.4 Å². The quantitative estimate of drug-likeness (QED) is 0.753. The van der Waals surface area contributed by atoms with E-state index in [9.17, 15) is 4.79 Å². The maximum absolute atomic E-state index is 12.8. The molecule has 0 aromatic carbocycles. The first-order valence-electron chi connectivity index (χ1n) is 9.40. The molecule has 0 spiro atoms. The smallest absolute Gasteiger partial charge is 0.227 e. The van der Waals surface area contributed by atoms with Gasteiger partial charge in [0.1, 0.15) is 0 Å². The van der Waals surface area contributed by atoms with Gasteiger partial charge in [0.25, 0.3) is 0 Å². The van der Waals surface area contributed by atoms with Crippen molar-refractivity contribution in [2.75, 3.05) is 26.2 Å². The van der Waals surface area contributed by atoms with Gasteiger partial charge in [-0.3, -0.25) is 4.79 Å². The number of nitrogens with zero attached hydrogens (tertiary/aromatic N) is 4. The average Bonchev–Trinajstić information content (AvgIpc) is 3.09. The van der Waals surface area contributed by atoms with E-state index in [4.69, 9.17) is 0 Å². The number of fused-ring (bicyclic) bond motifs is 1. The monoisotopic (exact) mass is 330 g/mol. The van der Waals surface area contributed by atoms with Gasteiger partial charge >= 0.3 is 0 Å². The van der Waals surface area contributed by atoms with E-state index < -0.39 is 0 Å². The number of imidazole rings is 1. The third kappa shape index (κ3) is 3.89. The summed E-state index contributed by atoms with van der Waals surface area (Å²) in [6.45, 7) is 8.94. The third-order valence-electron chi connectivity index (χ3n) is 5.40. The fraction of sp³-hybridized carbons (Fsp3) is 0.684. The van der Waals surface area contributed by atoms with Gasteiger partial charge in [0.2, 0.25) is 5.91 Å². The van der Waals surface area contributed by atoms with Crippen LogP contribution in [0.15, 0.2) is 24.2 Å². The summed E-state index contributed by atoms with van der Waals surface area (Å²) in [6, 6.07) is 0.306. The van der Waals surface area contributed by atoms with Gasteiger partial charge in [0.15, 0.2) is 0 Å². The molecule has 0 fully saturated rings. The van der Waals surface area contributed by atoms with Gasteiger partial charge in [-0.05, 0) is 38.8 Å². The molecule has 0 N–H and O–H groups in total. The van der Waals surface area contributed by atoms with E-state index in [1.165, 1.54) is 18.4 Å². The van der Waals surface area contributed by atoms with Gasteiger partial charge < -0.3 is 14.4 Å². The number of amides is 1. The van der Waals surface area contributed by atoms with Crippen LogP contribution in [0.25, 0.3) is 0 Å². The van der Waals surface area contributed by atoms with E-state index in [-0.39, 0.29) is 5.91 Å². The van der Waals surface area contributed by atoms with Crippen molar-refractivity contribution in [1.29, 1.82) is 0 Å². The summed E-state index contributed by atoms with van der Waals surface area (Å²) in [7, 11) is 0. The molecular weight excluding hydrogens is 300 g/mol. The molecule has 0 radical (unpaired) electrons. The second kappa shape index (κ2) is 7.97. The summed E-state index contributed by atoms with van der Waals surface area (Å²) < 4.78 is 2.27. The first-order chi connectivity index (χ1) is 11.7. The molecular formula is C19H30N4O. The molecule has 0 saturated carbocycles. The van der Waals surface area contributed by atoms with Crippen molar-refractivity contribution in [1.82, 2.24) is 19.4 Å². The highest BCUT2D eigenvalue weighted by Crippen LogP contribution is 2.25. The van der Waals surface area contributed by atoms with Crippen molar-refractivity contribution in [3.8, 4) is 0 Å². The Balaban J connectivity index is 1.69. The predicted octanol–water partition coefficient (Wildman–Crippen LogP) is 3.00. The van der Waals surface area contributed by atoms with Crippen molar-refractivity contribution in [3.05, 3.63) is 29.9 Å². The molecule has 5 nitrogen and oxygen atoms in total. The Bertz CT molecular complexity index is 588. The summed E-state index contributed by atoms with van der Waals surface area (Å²) in [6.07, 6.45) is 11.5. The lowest BCUT2D eigenvalue weighted by Gasteiger charge is -2.37. The van der Waals surface area contributed by atoms with Crippen LogP contribution in [0.1, 0.15) is 57.7 Å². The van der Waals surface area contributed by atoms with Crippen LogP contribution in [0.2, 0.25) is 0 Å². The van der Waals surface area contributed by atoms with Crippen LogP contribution < -0.4 is 0 Å². The second-order valence-corrected chi connectivity index (χ2v) is 6.99. The van der Waals surface area contributed by atoms with E-state index in [0.29, 0.717) is 19.0 Å². The molecule has 0 bridgehead atoms. The van der Waals surface area contributed by atoms with Gasteiger partial charge in [-0.1, -0.05) is 25.5 Å². The van der Waals surface area contributed by atoms with E-state index in [0.717, 1.165) is 44.7 Å². The van der Waals surface area contributed by atoms with Gasteiger partial charge in [-0.2, -0.15) is 0 Å². The summed E-state index contributed by atoms with van der Waals surface area (Å²) in [5.74, 6) is 0.278. The molecule has 1 unspecified atom stereocenters. The minimum atomic E-state index is 0.278. The Morgan fingerprint density at radius 2 is 2.17 bits per heavy atom. The molecule has 24 heavy (non-hydrogen) atoms. The van der Waals surface area contributed by atoms with Gasteiger partial charge in [-0.25, -0.2) is 4.98 Å². The first kappa shape index (κ1) is 17.2. The largest absolute Gasteiger partial charge is 0.334 e. The molecule has 1 aliphatic carbocycles. The van der Waals surface area contributed by atoms with E-state index >= 15 is 0 Å². The Labute approximate surface area is 145 Å². The van der Waals surface area contributed by atoms with Crippen LogP contribution in [-0.2, 0) is 11.3 Å². The molecule has 1 aromatic rings. The number of aromatic nitrogens is 2. The number of rotatable bonds is 6. The maximum atomic E-state index is 12.8. The minimum absolute atomic E-state index is 0.278. The molecule has 1 aliphatic heterocycles. The SMILES string of the molecule is CCN(CC)CC1CN(C(=O)CC2=CCCCC2)Cc2cncn21. The normalized spacial score (nSPS) is 20.9. The maximum Gasteiger partial charge on any atom is 0.227 e. The van der Waals surface area contributed by atoms with Gasteiger partial charge in [0, 0.05) is 25.7 Å². The lowest BCUT2D eigenvalue weighted by atomic mass is 9.96. The average molecular weight is 330 g/mol. The van der Waals surface area contributed by atoms with Crippen LogP contribution >= 0.6 is 0 Å². The van der Waals surface area contributed by atoms with E-state index in [2.05, 4.69) is 34.4 Å². The molecule has 132 valence electrons. The Morgan fingerprint density at radius 3 is 2.88 bits per heavy atom. The van der Waals surface area contributed by atoms with Crippen LogP contribution in [0.4, 0.5) is 0 Å². The highest BCUT2D eigenvalue weighted by molar-refractivity contribution is 5.79. The number of likely N-dealkylation sites (N-methyl/N-ethyl adjacent to an activating group) is 1. The standard InChI is InChI=1S/C19H30N4O/c1-3-21(4-2)12-18-14-22(13-17-11-20-15-23(17)18)19(24)10-16-8-6-5-7-9-16/h8,11,15,18H,3-7,9-10,12-14H2,1-2H3. The van der Waals surface area contributed by atoms with Crippen molar-refractivity contribution >= 4 is 5.91 Å². The zero-order chi connectivity index (χ0) is 16.9. The second-order valence-electron chi connectivity index (χ2n) is 6.99. The number of allylic oxidation sites excluding steroid dienone is 1. The first-order valence-corrected chi connectivity index (χ1v) is 9.40. The van der Waals surface area contributed by atoms with E-state index in [1.807, 2.05) is 17.4 Å². The number of carbonyl (C=O) groups is 1. The molecule has 5 heteroatoms. The molecule has 1 amide bonds. The molecule has 0 saturated heterocycles. The van der Waals surface area contributed by atoms with Crippen molar-refractivity contribution in [2.24, 2.45) is 0 Å². The number of hydrogen-bond donors (Lipinski definition) is 0. The molecule has 2 heterocycles. The zero-order valence-electron chi connectivity index (χ0n) is 15.1. The van der Waals surface area contributed by atoms with Crippen LogP contribution in [-0.4, -0.2) is 51.4 Å². The lowest BCUT2D eigenvalue weighted by Crippen LogP contribution is -2.44. The van der Waals surface area contributed by atoms with Gasteiger partial charge in [0.05, 0.1) is 24.6 Å². The fourth-order valence-corrected chi connectivity index (χ4v) is 3.87. The van der Waals surface area contributed by atoms with Crippen LogP contribution in [0.3, 0.4) is 0 Å². The number of carbonyl (C=O) groups excluding carboxylic acids is 1.